The van der Waals surface area contributed by atoms with Crippen LogP contribution in [0.15, 0.2) is 52.5 Å². The standard InChI is InChI=1S/C23H24N4O2S2/c1-4-15(3)25-18(28)13-30-23-26-19-17-6-5-11-24-21(17)31-20(19)22(29)27(23)12-16-9-7-14(2)8-10-16/h5-11,15H,4,12-13H2,1-3H3,(H,25,28)/t15-/m1/s1. The number of hydrogen-bond acceptors (Lipinski definition) is 6. The highest BCUT2D eigenvalue weighted by Crippen LogP contribution is 2.30. The maximum atomic E-state index is 13.5. The minimum Gasteiger partial charge on any atom is -0.353 e. The third kappa shape index (κ3) is 4.65. The molecular weight excluding hydrogens is 428 g/mol. The van der Waals surface area contributed by atoms with Crippen molar-refractivity contribution in [2.24, 2.45) is 0 Å². The number of pyridine rings is 1. The number of aromatic nitrogens is 3. The van der Waals surface area contributed by atoms with Crippen molar-refractivity contribution in [3.63, 3.8) is 0 Å². The van der Waals surface area contributed by atoms with Crippen LogP contribution in [0, 0.1) is 6.92 Å². The van der Waals surface area contributed by atoms with Crippen LogP contribution >= 0.6 is 23.1 Å². The predicted octanol–water partition coefficient (Wildman–Crippen LogP) is 4.37. The zero-order chi connectivity index (χ0) is 22.0. The highest BCUT2D eigenvalue weighted by atomic mass is 32.2. The number of fused-ring (bicyclic) bond motifs is 3. The average molecular weight is 453 g/mol. The van der Waals surface area contributed by atoms with E-state index in [9.17, 15) is 9.59 Å². The molecule has 31 heavy (non-hydrogen) atoms. The molecule has 0 saturated heterocycles. The average Bonchev–Trinajstić information content (AvgIpc) is 3.14. The molecule has 6 nitrogen and oxygen atoms in total. The smallest absolute Gasteiger partial charge is 0.272 e. The minimum atomic E-state index is -0.0987. The fourth-order valence-electron chi connectivity index (χ4n) is 3.22. The summed E-state index contributed by atoms with van der Waals surface area (Å²) in [4.78, 5) is 35.8. The van der Waals surface area contributed by atoms with Crippen LogP contribution in [0.5, 0.6) is 0 Å². The van der Waals surface area contributed by atoms with Crippen LogP contribution in [-0.2, 0) is 11.3 Å². The Kier molecular flexibility index (Phi) is 6.38. The summed E-state index contributed by atoms with van der Waals surface area (Å²) in [5.74, 6) is 0.142. The first-order valence-corrected chi connectivity index (χ1v) is 12.0. The Labute approximate surface area is 188 Å². The quantitative estimate of drug-likeness (QED) is 0.333. The van der Waals surface area contributed by atoms with Crippen molar-refractivity contribution in [1.82, 2.24) is 19.9 Å². The molecule has 1 aromatic carbocycles. The van der Waals surface area contributed by atoms with Crippen LogP contribution in [0.25, 0.3) is 20.4 Å². The van der Waals surface area contributed by atoms with Crippen molar-refractivity contribution in [1.29, 1.82) is 0 Å². The van der Waals surface area contributed by atoms with Gasteiger partial charge in [-0.15, -0.1) is 11.3 Å². The normalized spacial score (nSPS) is 12.4. The second-order valence-electron chi connectivity index (χ2n) is 7.57. The largest absolute Gasteiger partial charge is 0.353 e. The molecule has 4 aromatic rings. The monoisotopic (exact) mass is 452 g/mol. The van der Waals surface area contributed by atoms with Gasteiger partial charge in [0.05, 0.1) is 17.8 Å². The Hall–Kier alpha value is -2.71. The fourth-order valence-corrected chi connectivity index (χ4v) is 5.05. The summed E-state index contributed by atoms with van der Waals surface area (Å²) in [5.41, 5.74) is 2.73. The molecule has 0 saturated carbocycles. The predicted molar refractivity (Wildman–Crippen MR) is 128 cm³/mol. The van der Waals surface area contributed by atoms with Crippen molar-refractivity contribution in [3.8, 4) is 0 Å². The molecule has 1 atom stereocenters. The van der Waals surface area contributed by atoms with E-state index >= 15 is 0 Å². The van der Waals surface area contributed by atoms with Gasteiger partial charge in [0.25, 0.3) is 5.56 Å². The number of nitrogens with one attached hydrogen (secondary N) is 1. The van der Waals surface area contributed by atoms with E-state index in [1.807, 2.05) is 57.2 Å². The van der Waals surface area contributed by atoms with Crippen molar-refractivity contribution in [2.45, 2.75) is 44.9 Å². The summed E-state index contributed by atoms with van der Waals surface area (Å²) in [7, 11) is 0. The van der Waals surface area contributed by atoms with Gasteiger partial charge in [-0.2, -0.15) is 0 Å². The van der Waals surface area contributed by atoms with Crippen molar-refractivity contribution in [3.05, 3.63) is 64.1 Å². The molecule has 0 unspecified atom stereocenters. The molecule has 0 aliphatic rings. The molecule has 1 amide bonds. The van der Waals surface area contributed by atoms with Crippen LogP contribution in [-0.4, -0.2) is 32.2 Å². The molecule has 0 aliphatic carbocycles. The molecular formula is C23H24N4O2S2. The van der Waals surface area contributed by atoms with Crippen molar-refractivity contribution >= 4 is 49.4 Å². The summed E-state index contributed by atoms with van der Waals surface area (Å²) in [5, 5.41) is 4.38. The number of amides is 1. The Balaban J connectivity index is 1.76. The Morgan fingerprint density at radius 2 is 2.03 bits per heavy atom. The lowest BCUT2D eigenvalue weighted by molar-refractivity contribution is -0.119. The van der Waals surface area contributed by atoms with Gasteiger partial charge in [0, 0.05) is 17.6 Å². The molecule has 0 spiro atoms. The molecule has 0 aliphatic heterocycles. The lowest BCUT2D eigenvalue weighted by Gasteiger charge is -2.14. The zero-order valence-electron chi connectivity index (χ0n) is 17.7. The Morgan fingerprint density at radius 3 is 2.77 bits per heavy atom. The molecule has 0 radical (unpaired) electrons. The molecule has 8 heteroatoms. The number of aryl methyl sites for hydroxylation is 1. The van der Waals surface area contributed by atoms with E-state index in [0.717, 1.165) is 27.8 Å². The molecule has 4 rings (SSSR count). The van der Waals surface area contributed by atoms with Gasteiger partial charge in [-0.3, -0.25) is 14.2 Å². The van der Waals surface area contributed by atoms with Crippen LogP contribution in [0.1, 0.15) is 31.4 Å². The molecule has 0 bridgehead atoms. The van der Waals surface area contributed by atoms with Gasteiger partial charge >= 0.3 is 0 Å². The van der Waals surface area contributed by atoms with E-state index in [4.69, 9.17) is 4.98 Å². The molecule has 0 fully saturated rings. The van der Waals surface area contributed by atoms with Gasteiger partial charge in [-0.1, -0.05) is 48.5 Å². The van der Waals surface area contributed by atoms with Crippen LogP contribution in [0.2, 0.25) is 0 Å². The topological polar surface area (TPSA) is 76.9 Å². The highest BCUT2D eigenvalue weighted by Gasteiger charge is 2.18. The van der Waals surface area contributed by atoms with Gasteiger partial charge in [0.2, 0.25) is 5.91 Å². The first-order chi connectivity index (χ1) is 15.0. The number of rotatable bonds is 7. The Morgan fingerprint density at radius 1 is 1.26 bits per heavy atom. The van der Waals surface area contributed by atoms with Gasteiger partial charge in [-0.25, -0.2) is 9.97 Å². The number of nitrogens with zero attached hydrogens (tertiary/aromatic N) is 3. The molecule has 3 aromatic heterocycles. The number of thioether (sulfide) groups is 1. The minimum absolute atomic E-state index is 0.0626. The summed E-state index contributed by atoms with van der Waals surface area (Å²) in [6.45, 7) is 6.44. The highest BCUT2D eigenvalue weighted by molar-refractivity contribution is 7.99. The first kappa shape index (κ1) is 21.5. The molecule has 3 heterocycles. The molecule has 160 valence electrons. The van der Waals surface area contributed by atoms with Crippen molar-refractivity contribution in [2.75, 3.05) is 5.75 Å². The second-order valence-corrected chi connectivity index (χ2v) is 9.51. The van der Waals surface area contributed by atoms with E-state index in [0.29, 0.717) is 21.9 Å². The number of benzene rings is 1. The first-order valence-electron chi connectivity index (χ1n) is 10.2. The van der Waals surface area contributed by atoms with Crippen LogP contribution < -0.4 is 10.9 Å². The van der Waals surface area contributed by atoms with Gasteiger partial charge in [0.15, 0.2) is 5.16 Å². The summed E-state index contributed by atoms with van der Waals surface area (Å²) in [6, 6.07) is 12.0. The fraction of sp³-hybridized carbons (Fsp3) is 0.304. The van der Waals surface area contributed by atoms with E-state index in [-0.39, 0.29) is 23.3 Å². The number of hydrogen-bond donors (Lipinski definition) is 1. The zero-order valence-corrected chi connectivity index (χ0v) is 19.3. The van der Waals surface area contributed by atoms with Crippen LogP contribution in [0.4, 0.5) is 0 Å². The van der Waals surface area contributed by atoms with Gasteiger partial charge in [-0.05, 0) is 38.0 Å². The third-order valence-corrected chi connectivity index (χ3v) is 7.20. The summed E-state index contributed by atoms with van der Waals surface area (Å²) >= 11 is 2.66. The van der Waals surface area contributed by atoms with E-state index in [1.54, 1.807) is 10.8 Å². The summed E-state index contributed by atoms with van der Waals surface area (Å²) < 4.78 is 2.26. The lowest BCUT2D eigenvalue weighted by Crippen LogP contribution is -2.33. The van der Waals surface area contributed by atoms with E-state index in [2.05, 4.69) is 10.3 Å². The van der Waals surface area contributed by atoms with Gasteiger partial charge in [0.1, 0.15) is 9.53 Å². The van der Waals surface area contributed by atoms with Gasteiger partial charge < -0.3 is 5.32 Å². The maximum absolute atomic E-state index is 13.5. The van der Waals surface area contributed by atoms with E-state index in [1.165, 1.54) is 23.1 Å². The Bertz CT molecular complexity index is 1290. The SMILES string of the molecule is CC[C@@H](C)NC(=O)CSc1nc2c(sc3ncccc32)c(=O)n1Cc1ccc(C)cc1. The van der Waals surface area contributed by atoms with E-state index < -0.39 is 0 Å². The lowest BCUT2D eigenvalue weighted by atomic mass is 10.1. The van der Waals surface area contributed by atoms with Crippen molar-refractivity contribution < 1.29 is 4.79 Å². The van der Waals surface area contributed by atoms with Crippen LogP contribution in [0.3, 0.4) is 0 Å². The second kappa shape index (κ2) is 9.20. The summed E-state index contributed by atoms with van der Waals surface area (Å²) in [6.07, 6.45) is 2.59. The number of thiophene rings is 1. The third-order valence-electron chi connectivity index (χ3n) is 5.13. The number of carbonyl (C=O) groups excluding carboxylic acids is 1. The number of carbonyl (C=O) groups is 1. The maximum Gasteiger partial charge on any atom is 0.272 e. The molecule has 1 N–H and O–H groups in total.